The summed E-state index contributed by atoms with van der Waals surface area (Å²) in [7, 11) is 0. The van der Waals surface area contributed by atoms with Gasteiger partial charge in [0.25, 0.3) is 5.91 Å². The molecule has 0 unspecified atom stereocenters. The predicted octanol–water partition coefficient (Wildman–Crippen LogP) is 3.38. The maximum absolute atomic E-state index is 12.2. The minimum absolute atomic E-state index is 0.265. The second kappa shape index (κ2) is 9.19. The Labute approximate surface area is 162 Å². The van der Waals surface area contributed by atoms with Gasteiger partial charge in [0, 0.05) is 31.7 Å². The first-order valence-corrected chi connectivity index (χ1v) is 9.14. The van der Waals surface area contributed by atoms with Crippen LogP contribution in [0.1, 0.15) is 10.4 Å². The summed E-state index contributed by atoms with van der Waals surface area (Å²) in [5, 5.41) is 6.83. The second-order valence-corrected chi connectivity index (χ2v) is 6.71. The van der Waals surface area contributed by atoms with Crippen molar-refractivity contribution >= 4 is 40.6 Å². The van der Waals surface area contributed by atoms with Crippen molar-refractivity contribution in [1.29, 1.82) is 0 Å². The number of halogens is 2. The number of hydrogen-bond donors (Lipinski definition) is 2. The van der Waals surface area contributed by atoms with E-state index in [4.69, 9.17) is 27.9 Å². The average Bonchev–Trinajstić information content (AvgIpc) is 2.66. The smallest absolute Gasteiger partial charge is 0.255 e. The molecule has 1 aromatic carbocycles. The zero-order chi connectivity index (χ0) is 18.4. The molecule has 8 heteroatoms. The number of carbonyl (C=O) groups excluding carboxylic acids is 1. The van der Waals surface area contributed by atoms with Gasteiger partial charge in [-0.25, -0.2) is 4.98 Å². The van der Waals surface area contributed by atoms with E-state index in [1.165, 1.54) is 6.07 Å². The molecule has 0 bridgehead atoms. The van der Waals surface area contributed by atoms with Crippen LogP contribution in [0.25, 0.3) is 0 Å². The molecule has 0 atom stereocenters. The minimum atomic E-state index is -0.265. The van der Waals surface area contributed by atoms with Gasteiger partial charge in [-0.2, -0.15) is 0 Å². The van der Waals surface area contributed by atoms with Crippen LogP contribution in [0.3, 0.4) is 0 Å². The molecule has 1 saturated heterocycles. The largest absolute Gasteiger partial charge is 0.379 e. The summed E-state index contributed by atoms with van der Waals surface area (Å²) in [6.07, 6.45) is 1.62. The first kappa shape index (κ1) is 18.9. The first-order chi connectivity index (χ1) is 12.6. The quantitative estimate of drug-likeness (QED) is 0.785. The highest BCUT2D eigenvalue weighted by Crippen LogP contribution is 2.23. The third-order valence-corrected chi connectivity index (χ3v) is 4.78. The number of anilines is 2. The molecule has 1 aliphatic heterocycles. The number of nitrogens with zero attached hydrogens (tertiary/aromatic N) is 2. The Hall–Kier alpha value is -1.86. The fourth-order valence-corrected chi connectivity index (χ4v) is 2.88. The van der Waals surface area contributed by atoms with Gasteiger partial charge >= 0.3 is 0 Å². The topological polar surface area (TPSA) is 66.5 Å². The first-order valence-electron chi connectivity index (χ1n) is 8.38. The molecular formula is C18H20Cl2N4O2. The molecule has 0 saturated carbocycles. The molecule has 0 spiro atoms. The molecule has 0 radical (unpaired) electrons. The number of pyridine rings is 1. The van der Waals surface area contributed by atoms with Crippen LogP contribution >= 0.6 is 23.2 Å². The molecule has 3 rings (SSSR count). The summed E-state index contributed by atoms with van der Waals surface area (Å²) >= 11 is 11.8. The monoisotopic (exact) mass is 394 g/mol. The predicted molar refractivity (Wildman–Crippen MR) is 104 cm³/mol. The zero-order valence-electron chi connectivity index (χ0n) is 14.2. The van der Waals surface area contributed by atoms with Crippen LogP contribution in [0.15, 0.2) is 36.5 Å². The minimum Gasteiger partial charge on any atom is -0.379 e. The number of benzene rings is 1. The Bertz CT molecular complexity index is 749. The highest BCUT2D eigenvalue weighted by Gasteiger charge is 2.10. The highest BCUT2D eigenvalue weighted by molar-refractivity contribution is 6.42. The summed E-state index contributed by atoms with van der Waals surface area (Å²) in [5.41, 5.74) is 1.05. The fourth-order valence-electron chi connectivity index (χ4n) is 2.58. The van der Waals surface area contributed by atoms with E-state index < -0.39 is 0 Å². The van der Waals surface area contributed by atoms with Crippen molar-refractivity contribution in [2.45, 2.75) is 0 Å². The molecule has 0 aliphatic carbocycles. The van der Waals surface area contributed by atoms with Crippen LogP contribution < -0.4 is 10.6 Å². The van der Waals surface area contributed by atoms with Crippen LogP contribution in [0, 0.1) is 0 Å². The van der Waals surface area contributed by atoms with Crippen LogP contribution in [0.5, 0.6) is 0 Å². The number of morpholine rings is 1. The summed E-state index contributed by atoms with van der Waals surface area (Å²) in [6, 6.07) is 8.40. The van der Waals surface area contributed by atoms with Crippen molar-refractivity contribution in [3.8, 4) is 0 Å². The van der Waals surface area contributed by atoms with Gasteiger partial charge in [0.15, 0.2) is 0 Å². The van der Waals surface area contributed by atoms with Crippen LogP contribution in [-0.2, 0) is 4.74 Å². The Kier molecular flexibility index (Phi) is 6.68. The molecule has 2 heterocycles. The average molecular weight is 395 g/mol. The maximum atomic E-state index is 12.2. The molecule has 26 heavy (non-hydrogen) atoms. The number of hydrogen-bond acceptors (Lipinski definition) is 5. The third kappa shape index (κ3) is 5.32. The lowest BCUT2D eigenvalue weighted by Crippen LogP contribution is -2.39. The molecular weight excluding hydrogens is 375 g/mol. The molecule has 6 nitrogen and oxygen atoms in total. The van der Waals surface area contributed by atoms with E-state index in [-0.39, 0.29) is 5.91 Å². The lowest BCUT2D eigenvalue weighted by Gasteiger charge is -2.26. The fraction of sp³-hybridized carbons (Fsp3) is 0.333. The van der Waals surface area contributed by atoms with E-state index in [1.54, 1.807) is 24.4 Å². The molecule has 1 amide bonds. The van der Waals surface area contributed by atoms with Gasteiger partial charge in [0.05, 0.1) is 35.1 Å². The normalized spacial score (nSPS) is 14.8. The third-order valence-electron chi connectivity index (χ3n) is 4.04. The Morgan fingerprint density at radius 2 is 1.96 bits per heavy atom. The van der Waals surface area contributed by atoms with Crippen LogP contribution in [0.4, 0.5) is 11.5 Å². The van der Waals surface area contributed by atoms with E-state index in [0.717, 1.165) is 45.2 Å². The number of amides is 1. The highest BCUT2D eigenvalue weighted by atomic mass is 35.5. The van der Waals surface area contributed by atoms with Gasteiger partial charge in [-0.3, -0.25) is 9.69 Å². The lowest BCUT2D eigenvalue weighted by molar-refractivity contribution is 0.0398. The van der Waals surface area contributed by atoms with E-state index >= 15 is 0 Å². The van der Waals surface area contributed by atoms with Crippen molar-refractivity contribution < 1.29 is 9.53 Å². The number of rotatable bonds is 6. The molecule has 1 aliphatic rings. The number of ether oxygens (including phenoxy) is 1. The Morgan fingerprint density at radius 3 is 2.65 bits per heavy atom. The molecule has 2 N–H and O–H groups in total. The van der Waals surface area contributed by atoms with Crippen molar-refractivity contribution in [3.63, 3.8) is 0 Å². The van der Waals surface area contributed by atoms with Crippen molar-refractivity contribution in [3.05, 3.63) is 52.1 Å². The SMILES string of the molecule is O=C(Nc1ccc(NCCN2CCOCC2)nc1)c1ccc(Cl)c(Cl)c1. The van der Waals surface area contributed by atoms with Gasteiger partial charge in [0.2, 0.25) is 0 Å². The molecule has 1 aromatic heterocycles. The van der Waals surface area contributed by atoms with Crippen LogP contribution in [0.2, 0.25) is 10.0 Å². The summed E-state index contributed by atoms with van der Waals surface area (Å²) in [5.74, 6) is 0.504. The van der Waals surface area contributed by atoms with Crippen molar-refractivity contribution in [2.75, 3.05) is 50.0 Å². The van der Waals surface area contributed by atoms with Crippen molar-refractivity contribution in [1.82, 2.24) is 9.88 Å². The Balaban J connectivity index is 1.49. The Morgan fingerprint density at radius 1 is 1.15 bits per heavy atom. The van der Waals surface area contributed by atoms with Gasteiger partial charge in [-0.1, -0.05) is 23.2 Å². The molecule has 138 valence electrons. The standard InChI is InChI=1S/C18H20Cl2N4O2/c19-15-3-1-13(11-16(15)20)18(25)23-14-2-4-17(22-12-14)21-5-6-24-7-9-26-10-8-24/h1-4,11-12H,5-10H2,(H,21,22)(H,23,25). The molecule has 2 aromatic rings. The summed E-state index contributed by atoms with van der Waals surface area (Å²) in [4.78, 5) is 18.9. The summed E-state index contributed by atoms with van der Waals surface area (Å²) in [6.45, 7) is 5.28. The molecule has 1 fully saturated rings. The second-order valence-electron chi connectivity index (χ2n) is 5.90. The van der Waals surface area contributed by atoms with Gasteiger partial charge in [0.1, 0.15) is 5.82 Å². The van der Waals surface area contributed by atoms with Gasteiger partial charge in [-0.05, 0) is 30.3 Å². The van der Waals surface area contributed by atoms with Gasteiger partial charge < -0.3 is 15.4 Å². The van der Waals surface area contributed by atoms with Gasteiger partial charge in [-0.15, -0.1) is 0 Å². The lowest BCUT2D eigenvalue weighted by atomic mass is 10.2. The number of carbonyl (C=O) groups is 1. The van der Waals surface area contributed by atoms with Crippen LogP contribution in [-0.4, -0.2) is 55.2 Å². The van der Waals surface area contributed by atoms with E-state index in [1.807, 2.05) is 6.07 Å². The number of aromatic nitrogens is 1. The van der Waals surface area contributed by atoms with Crippen molar-refractivity contribution in [2.24, 2.45) is 0 Å². The zero-order valence-corrected chi connectivity index (χ0v) is 15.7. The van der Waals surface area contributed by atoms with E-state index in [0.29, 0.717) is 21.3 Å². The van der Waals surface area contributed by atoms with E-state index in [2.05, 4.69) is 20.5 Å². The maximum Gasteiger partial charge on any atom is 0.255 e. The number of nitrogens with one attached hydrogen (secondary N) is 2. The summed E-state index contributed by atoms with van der Waals surface area (Å²) < 4.78 is 5.33. The van der Waals surface area contributed by atoms with E-state index in [9.17, 15) is 4.79 Å².